The van der Waals surface area contributed by atoms with Crippen LogP contribution in [-0.4, -0.2) is 30.6 Å². The van der Waals surface area contributed by atoms with Crippen molar-refractivity contribution in [3.05, 3.63) is 34.9 Å². The zero-order valence-corrected chi connectivity index (χ0v) is 12.8. The number of benzene rings is 1. The highest BCUT2D eigenvalue weighted by molar-refractivity contribution is 5.85. The van der Waals surface area contributed by atoms with Gasteiger partial charge in [-0.3, -0.25) is 4.90 Å². The number of aryl methyl sites for hydroxylation is 2. The van der Waals surface area contributed by atoms with E-state index in [0.29, 0.717) is 0 Å². The van der Waals surface area contributed by atoms with E-state index >= 15 is 0 Å². The summed E-state index contributed by atoms with van der Waals surface area (Å²) in [5.41, 5.74) is 4.30. The van der Waals surface area contributed by atoms with Gasteiger partial charge in [0.25, 0.3) is 0 Å². The van der Waals surface area contributed by atoms with Crippen molar-refractivity contribution in [2.45, 2.75) is 39.3 Å². The molecule has 0 aliphatic carbocycles. The molecule has 1 N–H and O–H groups in total. The number of hydrogen-bond donors (Lipinski definition) is 1. The third-order valence-electron chi connectivity index (χ3n) is 4.72. The van der Waals surface area contributed by atoms with Crippen molar-refractivity contribution in [2.75, 3.05) is 19.6 Å². The number of piperidine rings is 1. The number of rotatable bonds is 2. The molecule has 1 aromatic carbocycles. The van der Waals surface area contributed by atoms with Crippen molar-refractivity contribution in [3.8, 4) is 0 Å². The molecule has 0 spiro atoms. The standard InChI is InChI=1S/C16H24N2.ClH/c1-12-3-4-14(9-13(12)2)10-18-8-6-16-15(11-18)5-7-17-16;/h3-4,9,15-17H,5-8,10-11H2,1-2H3;1H. The van der Waals surface area contributed by atoms with Crippen molar-refractivity contribution < 1.29 is 0 Å². The summed E-state index contributed by atoms with van der Waals surface area (Å²) in [6.45, 7) is 9.30. The van der Waals surface area contributed by atoms with Crippen LogP contribution >= 0.6 is 12.4 Å². The molecule has 0 amide bonds. The summed E-state index contributed by atoms with van der Waals surface area (Å²) in [5.74, 6) is 0.894. The normalized spacial score (nSPS) is 26.8. The molecular formula is C16H25ClN2. The Kier molecular flexibility index (Phi) is 4.88. The van der Waals surface area contributed by atoms with Crippen LogP contribution in [0.15, 0.2) is 18.2 Å². The largest absolute Gasteiger partial charge is 0.314 e. The van der Waals surface area contributed by atoms with Crippen LogP contribution in [0, 0.1) is 19.8 Å². The first-order chi connectivity index (χ1) is 8.72. The Morgan fingerprint density at radius 2 is 2.05 bits per heavy atom. The van der Waals surface area contributed by atoms with E-state index in [9.17, 15) is 0 Å². The summed E-state index contributed by atoms with van der Waals surface area (Å²) < 4.78 is 0. The van der Waals surface area contributed by atoms with Gasteiger partial charge in [-0.2, -0.15) is 0 Å². The third-order valence-corrected chi connectivity index (χ3v) is 4.72. The lowest BCUT2D eigenvalue weighted by molar-refractivity contribution is 0.156. The van der Waals surface area contributed by atoms with Crippen LogP contribution in [-0.2, 0) is 6.54 Å². The maximum absolute atomic E-state index is 3.63. The molecule has 2 heterocycles. The van der Waals surface area contributed by atoms with E-state index in [0.717, 1.165) is 18.5 Å². The number of halogens is 1. The minimum Gasteiger partial charge on any atom is -0.314 e. The van der Waals surface area contributed by atoms with Gasteiger partial charge >= 0.3 is 0 Å². The number of nitrogens with zero attached hydrogens (tertiary/aromatic N) is 1. The second kappa shape index (κ2) is 6.25. The van der Waals surface area contributed by atoms with E-state index in [1.807, 2.05) is 0 Å². The third kappa shape index (κ3) is 3.31. The van der Waals surface area contributed by atoms with Crippen LogP contribution in [0.4, 0.5) is 0 Å². The van der Waals surface area contributed by atoms with Crippen LogP contribution < -0.4 is 5.32 Å². The van der Waals surface area contributed by atoms with Crippen LogP contribution in [0.1, 0.15) is 29.5 Å². The monoisotopic (exact) mass is 280 g/mol. The molecule has 2 unspecified atom stereocenters. The molecule has 0 bridgehead atoms. The fourth-order valence-corrected chi connectivity index (χ4v) is 3.43. The van der Waals surface area contributed by atoms with Gasteiger partial charge in [0.2, 0.25) is 0 Å². The Bertz CT molecular complexity index is 433. The highest BCUT2D eigenvalue weighted by atomic mass is 35.5. The highest BCUT2D eigenvalue weighted by Crippen LogP contribution is 2.25. The summed E-state index contributed by atoms with van der Waals surface area (Å²) >= 11 is 0. The van der Waals surface area contributed by atoms with Crippen LogP contribution in [0.25, 0.3) is 0 Å². The average molecular weight is 281 g/mol. The second-order valence-corrected chi connectivity index (χ2v) is 6.05. The van der Waals surface area contributed by atoms with E-state index < -0.39 is 0 Å². The Morgan fingerprint density at radius 3 is 2.84 bits per heavy atom. The molecule has 2 aliphatic heterocycles. The van der Waals surface area contributed by atoms with Crippen molar-refractivity contribution in [1.29, 1.82) is 0 Å². The minimum absolute atomic E-state index is 0. The molecule has 3 heteroatoms. The first kappa shape index (κ1) is 14.8. The van der Waals surface area contributed by atoms with E-state index in [4.69, 9.17) is 0 Å². The Labute approximate surface area is 123 Å². The van der Waals surface area contributed by atoms with Gasteiger partial charge in [-0.1, -0.05) is 18.2 Å². The van der Waals surface area contributed by atoms with Crippen molar-refractivity contribution >= 4 is 12.4 Å². The molecule has 2 saturated heterocycles. The molecule has 2 fully saturated rings. The lowest BCUT2D eigenvalue weighted by atomic mass is 9.93. The fourth-order valence-electron chi connectivity index (χ4n) is 3.43. The van der Waals surface area contributed by atoms with Gasteiger partial charge in [0.15, 0.2) is 0 Å². The van der Waals surface area contributed by atoms with Crippen molar-refractivity contribution in [2.24, 2.45) is 5.92 Å². The fraction of sp³-hybridized carbons (Fsp3) is 0.625. The molecule has 0 radical (unpaired) electrons. The molecule has 106 valence electrons. The summed E-state index contributed by atoms with van der Waals surface area (Å²) in [5, 5.41) is 3.63. The van der Waals surface area contributed by atoms with Crippen LogP contribution in [0.5, 0.6) is 0 Å². The predicted molar refractivity (Wildman–Crippen MR) is 83.0 cm³/mol. The molecule has 19 heavy (non-hydrogen) atoms. The van der Waals surface area contributed by atoms with Crippen LogP contribution in [0.2, 0.25) is 0 Å². The summed E-state index contributed by atoms with van der Waals surface area (Å²) in [6, 6.07) is 7.71. The summed E-state index contributed by atoms with van der Waals surface area (Å²) in [4.78, 5) is 2.64. The zero-order chi connectivity index (χ0) is 12.5. The zero-order valence-electron chi connectivity index (χ0n) is 12.0. The lowest BCUT2D eigenvalue weighted by Gasteiger charge is -2.34. The van der Waals surface area contributed by atoms with Gasteiger partial charge in [-0.25, -0.2) is 0 Å². The number of fused-ring (bicyclic) bond motifs is 1. The highest BCUT2D eigenvalue weighted by Gasteiger charge is 2.32. The first-order valence-electron chi connectivity index (χ1n) is 7.24. The second-order valence-electron chi connectivity index (χ2n) is 6.05. The van der Waals surface area contributed by atoms with Crippen LogP contribution in [0.3, 0.4) is 0 Å². The van der Waals surface area contributed by atoms with Gasteiger partial charge in [-0.05, 0) is 62.4 Å². The number of likely N-dealkylation sites (tertiary alicyclic amines) is 1. The predicted octanol–water partition coefficient (Wildman–Crippen LogP) is 2.91. The number of nitrogens with one attached hydrogen (secondary N) is 1. The molecule has 1 aromatic rings. The Hall–Kier alpha value is -0.570. The lowest BCUT2D eigenvalue weighted by Crippen LogP contribution is -2.43. The van der Waals surface area contributed by atoms with Gasteiger partial charge in [0, 0.05) is 19.1 Å². The Balaban J connectivity index is 0.00000133. The summed E-state index contributed by atoms with van der Waals surface area (Å²) in [6.07, 6.45) is 2.70. The molecule has 0 aromatic heterocycles. The minimum atomic E-state index is 0. The van der Waals surface area contributed by atoms with E-state index in [1.165, 1.54) is 49.2 Å². The van der Waals surface area contributed by atoms with E-state index in [-0.39, 0.29) is 12.4 Å². The first-order valence-corrected chi connectivity index (χ1v) is 7.24. The molecule has 2 nitrogen and oxygen atoms in total. The number of hydrogen-bond acceptors (Lipinski definition) is 2. The van der Waals surface area contributed by atoms with Gasteiger partial charge < -0.3 is 5.32 Å². The average Bonchev–Trinajstić information content (AvgIpc) is 2.81. The smallest absolute Gasteiger partial charge is 0.0233 e. The molecule has 3 rings (SSSR count). The maximum atomic E-state index is 3.63. The molecule has 2 aliphatic rings. The summed E-state index contributed by atoms with van der Waals surface area (Å²) in [7, 11) is 0. The van der Waals surface area contributed by atoms with Crippen molar-refractivity contribution in [3.63, 3.8) is 0 Å². The van der Waals surface area contributed by atoms with Gasteiger partial charge in [-0.15, -0.1) is 12.4 Å². The quantitative estimate of drug-likeness (QED) is 0.896. The Morgan fingerprint density at radius 1 is 1.21 bits per heavy atom. The van der Waals surface area contributed by atoms with Gasteiger partial charge in [0.05, 0.1) is 0 Å². The molecule has 0 saturated carbocycles. The maximum Gasteiger partial charge on any atom is 0.0233 e. The molecular weight excluding hydrogens is 256 g/mol. The molecule has 2 atom stereocenters. The SMILES string of the molecule is Cc1ccc(CN2CCC3NCCC3C2)cc1C.Cl. The topological polar surface area (TPSA) is 15.3 Å². The van der Waals surface area contributed by atoms with E-state index in [1.54, 1.807) is 0 Å². The van der Waals surface area contributed by atoms with E-state index in [2.05, 4.69) is 42.3 Å². The van der Waals surface area contributed by atoms with Gasteiger partial charge in [0.1, 0.15) is 0 Å². The van der Waals surface area contributed by atoms with Crippen molar-refractivity contribution in [1.82, 2.24) is 10.2 Å².